The van der Waals surface area contributed by atoms with Gasteiger partial charge < -0.3 is 26.2 Å². The van der Waals surface area contributed by atoms with Gasteiger partial charge in [0.25, 0.3) is 5.91 Å². The van der Waals surface area contributed by atoms with E-state index < -0.39 is 30.1 Å². The van der Waals surface area contributed by atoms with Crippen molar-refractivity contribution >= 4 is 46.5 Å². The lowest BCUT2D eigenvalue weighted by molar-refractivity contribution is -0.139. The molecule has 0 unspecified atom stereocenters. The molecule has 3 amide bonds. The number of aliphatic carboxylic acids is 2. The van der Waals surface area contributed by atoms with E-state index in [1.807, 2.05) is 12.1 Å². The fourth-order valence-electron chi connectivity index (χ4n) is 3.20. The number of carbonyl (C=O) groups is 4. The van der Waals surface area contributed by atoms with E-state index >= 15 is 0 Å². The zero-order chi connectivity index (χ0) is 24.6. The third-order valence-electron chi connectivity index (χ3n) is 5.11. The van der Waals surface area contributed by atoms with Crippen molar-refractivity contribution < 1.29 is 29.4 Å². The van der Waals surface area contributed by atoms with Crippen LogP contribution in [0.15, 0.2) is 24.3 Å². The Morgan fingerprint density at radius 3 is 1.85 bits per heavy atom. The first-order chi connectivity index (χ1) is 15.7. The summed E-state index contributed by atoms with van der Waals surface area (Å²) in [6.45, 7) is 2.47. The summed E-state index contributed by atoms with van der Waals surface area (Å²) >= 11 is 2.16. The van der Waals surface area contributed by atoms with Gasteiger partial charge in [0.2, 0.25) is 0 Å². The Bertz CT molecular complexity index is 772. The fraction of sp³-hybridized carbons (Fsp3) is 0.565. The quantitative estimate of drug-likeness (QED) is 0.150. The lowest BCUT2D eigenvalue weighted by atomic mass is 10.1. The van der Waals surface area contributed by atoms with Gasteiger partial charge in [-0.25, -0.2) is 14.4 Å². The number of carbonyl (C=O) groups excluding carboxylic acids is 2. The van der Waals surface area contributed by atoms with Crippen molar-refractivity contribution in [2.45, 2.75) is 76.8 Å². The molecule has 1 aromatic rings. The van der Waals surface area contributed by atoms with Gasteiger partial charge in [-0.2, -0.15) is 0 Å². The first-order valence-electron chi connectivity index (χ1n) is 11.3. The molecule has 0 saturated carbocycles. The normalized spacial score (nSPS) is 12.4. The zero-order valence-corrected chi connectivity index (χ0v) is 21.1. The number of hydrogen-bond donors (Lipinski definition) is 5. The van der Waals surface area contributed by atoms with Gasteiger partial charge in [-0.1, -0.05) is 39.0 Å². The highest BCUT2D eigenvalue weighted by molar-refractivity contribution is 14.1. The van der Waals surface area contributed by atoms with Crippen molar-refractivity contribution in [2.75, 3.05) is 6.54 Å². The topological polar surface area (TPSA) is 145 Å². The van der Waals surface area contributed by atoms with E-state index in [1.165, 1.54) is 0 Å². The maximum atomic E-state index is 12.2. The number of nitrogens with one attached hydrogen (secondary N) is 3. The smallest absolute Gasteiger partial charge is 0.326 e. The van der Waals surface area contributed by atoms with Crippen molar-refractivity contribution in [3.8, 4) is 0 Å². The number of hydrogen-bond acceptors (Lipinski definition) is 4. The molecule has 9 nitrogen and oxygen atoms in total. The standard InChI is InChI=1S/C23H34IN3O6/c1-2-3-4-5-6-9-18(21(29)30)26-23(33)27-19(22(31)32)10-7-8-15-25-20(28)16-11-13-17(24)14-12-16/h11-14,18-19H,2-10,15H2,1H3,(H,25,28)(H,29,30)(H,31,32)(H2,26,27,33)/t18-,19-/m0/s1. The molecule has 0 aromatic heterocycles. The summed E-state index contributed by atoms with van der Waals surface area (Å²) < 4.78 is 1.03. The van der Waals surface area contributed by atoms with E-state index in [0.29, 0.717) is 37.8 Å². The molecule has 2 atom stereocenters. The third-order valence-corrected chi connectivity index (χ3v) is 5.83. The molecule has 0 bridgehead atoms. The SMILES string of the molecule is CCCCCCC[C@H](NC(=O)N[C@@H](CCCCNC(=O)c1ccc(I)cc1)C(=O)O)C(=O)O. The Morgan fingerprint density at radius 1 is 0.818 bits per heavy atom. The monoisotopic (exact) mass is 575 g/mol. The van der Waals surface area contributed by atoms with Crippen molar-refractivity contribution in [1.82, 2.24) is 16.0 Å². The van der Waals surface area contributed by atoms with Gasteiger partial charge in [-0.3, -0.25) is 4.79 Å². The van der Waals surface area contributed by atoms with Crippen LogP contribution in [0.4, 0.5) is 4.79 Å². The van der Waals surface area contributed by atoms with Crippen LogP contribution in [0, 0.1) is 3.57 Å². The van der Waals surface area contributed by atoms with Gasteiger partial charge >= 0.3 is 18.0 Å². The molecule has 1 aromatic carbocycles. The molecule has 0 aliphatic rings. The Hall–Kier alpha value is -2.37. The molecular weight excluding hydrogens is 541 g/mol. The second-order valence-electron chi connectivity index (χ2n) is 7.86. The fourth-order valence-corrected chi connectivity index (χ4v) is 3.56. The molecule has 0 saturated heterocycles. The van der Waals surface area contributed by atoms with Crippen LogP contribution in [-0.4, -0.2) is 52.7 Å². The molecule has 0 spiro atoms. The van der Waals surface area contributed by atoms with Gasteiger partial charge in [0.05, 0.1) is 0 Å². The van der Waals surface area contributed by atoms with E-state index in [-0.39, 0.29) is 12.3 Å². The number of carboxylic acids is 2. The number of benzene rings is 1. The summed E-state index contributed by atoms with van der Waals surface area (Å²) in [5, 5.41) is 26.2. The van der Waals surface area contributed by atoms with E-state index in [2.05, 4.69) is 45.5 Å². The molecule has 0 heterocycles. The summed E-state index contributed by atoms with van der Waals surface area (Å²) in [5.41, 5.74) is 0.551. The van der Waals surface area contributed by atoms with Crippen molar-refractivity contribution in [1.29, 1.82) is 0 Å². The van der Waals surface area contributed by atoms with Crippen LogP contribution >= 0.6 is 22.6 Å². The minimum Gasteiger partial charge on any atom is -0.480 e. The number of urea groups is 1. The lowest BCUT2D eigenvalue weighted by Gasteiger charge is -2.18. The largest absolute Gasteiger partial charge is 0.480 e. The number of carboxylic acid groups (broad SMARTS) is 2. The molecule has 0 aliphatic carbocycles. The van der Waals surface area contributed by atoms with Crippen molar-refractivity contribution in [3.63, 3.8) is 0 Å². The predicted molar refractivity (Wildman–Crippen MR) is 133 cm³/mol. The predicted octanol–water partition coefficient (Wildman–Crippen LogP) is 3.76. The lowest BCUT2D eigenvalue weighted by Crippen LogP contribution is -2.51. The summed E-state index contributed by atoms with van der Waals surface area (Å²) in [6, 6.07) is 4.13. The Kier molecular flexibility index (Phi) is 14.1. The Balaban J connectivity index is 2.37. The van der Waals surface area contributed by atoms with Crippen LogP contribution in [0.3, 0.4) is 0 Å². The highest BCUT2D eigenvalue weighted by atomic mass is 127. The first kappa shape index (κ1) is 28.7. The summed E-state index contributed by atoms with van der Waals surface area (Å²) in [6.07, 6.45) is 6.21. The van der Waals surface area contributed by atoms with Crippen LogP contribution in [0.1, 0.15) is 75.1 Å². The maximum Gasteiger partial charge on any atom is 0.326 e. The second-order valence-corrected chi connectivity index (χ2v) is 9.11. The Morgan fingerprint density at radius 2 is 1.33 bits per heavy atom. The number of amides is 3. The molecule has 0 fully saturated rings. The maximum absolute atomic E-state index is 12.2. The Labute approximate surface area is 208 Å². The van der Waals surface area contributed by atoms with E-state index in [9.17, 15) is 29.4 Å². The van der Waals surface area contributed by atoms with E-state index in [1.54, 1.807) is 12.1 Å². The molecule has 0 radical (unpaired) electrons. The number of halogens is 1. The highest BCUT2D eigenvalue weighted by Crippen LogP contribution is 2.09. The van der Waals surface area contributed by atoms with Crippen LogP contribution in [0.2, 0.25) is 0 Å². The van der Waals surface area contributed by atoms with Gasteiger partial charge in [0.1, 0.15) is 12.1 Å². The van der Waals surface area contributed by atoms with Crippen LogP contribution in [-0.2, 0) is 9.59 Å². The number of unbranched alkanes of at least 4 members (excludes halogenated alkanes) is 5. The van der Waals surface area contributed by atoms with Crippen molar-refractivity contribution in [2.24, 2.45) is 0 Å². The highest BCUT2D eigenvalue weighted by Gasteiger charge is 2.24. The van der Waals surface area contributed by atoms with Crippen LogP contribution < -0.4 is 16.0 Å². The van der Waals surface area contributed by atoms with Gasteiger partial charge in [0.15, 0.2) is 0 Å². The summed E-state index contributed by atoms with van der Waals surface area (Å²) in [7, 11) is 0. The van der Waals surface area contributed by atoms with Gasteiger partial charge in [-0.15, -0.1) is 0 Å². The molecule has 1 rings (SSSR count). The van der Waals surface area contributed by atoms with Crippen LogP contribution in [0.25, 0.3) is 0 Å². The average molecular weight is 575 g/mol. The number of rotatable bonds is 16. The average Bonchev–Trinajstić information content (AvgIpc) is 2.77. The van der Waals surface area contributed by atoms with E-state index in [0.717, 1.165) is 29.3 Å². The molecule has 5 N–H and O–H groups in total. The molecular formula is C23H34IN3O6. The summed E-state index contributed by atoms with van der Waals surface area (Å²) in [5.74, 6) is -2.54. The van der Waals surface area contributed by atoms with Crippen LogP contribution in [0.5, 0.6) is 0 Å². The molecule has 33 heavy (non-hydrogen) atoms. The van der Waals surface area contributed by atoms with Crippen molar-refractivity contribution in [3.05, 3.63) is 33.4 Å². The van der Waals surface area contributed by atoms with E-state index in [4.69, 9.17) is 0 Å². The summed E-state index contributed by atoms with van der Waals surface area (Å²) in [4.78, 5) is 47.1. The molecule has 0 aliphatic heterocycles. The molecule has 10 heteroatoms. The molecule has 184 valence electrons. The first-order valence-corrected chi connectivity index (χ1v) is 12.4. The minimum atomic E-state index is -1.19. The zero-order valence-electron chi connectivity index (χ0n) is 18.9. The second kappa shape index (κ2) is 16.3. The van der Waals surface area contributed by atoms with Gasteiger partial charge in [0, 0.05) is 15.7 Å². The minimum absolute atomic E-state index is 0.164. The van der Waals surface area contributed by atoms with Gasteiger partial charge in [-0.05, 0) is 72.5 Å². The third kappa shape index (κ3) is 12.4.